The molecule has 0 radical (unpaired) electrons. The van der Waals surface area contributed by atoms with Crippen LogP contribution in [0.5, 0.6) is 0 Å². The zero-order valence-corrected chi connectivity index (χ0v) is 12.0. The number of halogens is 2. The van der Waals surface area contributed by atoms with Gasteiger partial charge in [-0.25, -0.2) is 13.8 Å². The molecule has 0 spiro atoms. The highest BCUT2D eigenvalue weighted by molar-refractivity contribution is 7.15. The topological polar surface area (TPSA) is 37.4 Å². The summed E-state index contributed by atoms with van der Waals surface area (Å²) in [5, 5.41) is 4.04. The molecule has 0 unspecified atom stereocenters. The van der Waals surface area contributed by atoms with Crippen molar-refractivity contribution in [1.29, 1.82) is 0 Å². The molecule has 2 rings (SSSR count). The van der Waals surface area contributed by atoms with Crippen molar-refractivity contribution in [2.24, 2.45) is 0 Å². The molecule has 0 atom stereocenters. The smallest absolute Gasteiger partial charge is 0.255 e. The Hall–Kier alpha value is -0.790. The van der Waals surface area contributed by atoms with Gasteiger partial charge in [0.05, 0.1) is 18.8 Å². The number of anilines is 1. The van der Waals surface area contributed by atoms with Crippen LogP contribution in [-0.2, 0) is 17.9 Å². The molecule has 1 saturated carbocycles. The molecule has 0 bridgehead atoms. The zero-order chi connectivity index (χ0) is 13.8. The zero-order valence-electron chi connectivity index (χ0n) is 11.2. The van der Waals surface area contributed by atoms with Crippen molar-refractivity contribution in [2.45, 2.75) is 38.5 Å². The number of rotatable bonds is 8. The molecule has 0 aliphatic heterocycles. The first-order chi connectivity index (χ1) is 9.10. The number of ether oxygens (including phenoxy) is 1. The Bertz CT molecular complexity index is 410. The molecule has 1 aliphatic rings. The minimum atomic E-state index is -2.35. The number of nitrogens with one attached hydrogen (secondary N) is 1. The van der Waals surface area contributed by atoms with Crippen molar-refractivity contribution in [1.82, 2.24) is 10.3 Å². The van der Waals surface area contributed by atoms with Crippen molar-refractivity contribution < 1.29 is 13.5 Å². The molecule has 7 heteroatoms. The number of aromatic nitrogens is 1. The first-order valence-electron chi connectivity index (χ1n) is 6.30. The van der Waals surface area contributed by atoms with E-state index in [1.807, 2.05) is 0 Å². The lowest BCUT2D eigenvalue weighted by Gasteiger charge is -2.14. The van der Waals surface area contributed by atoms with Crippen molar-refractivity contribution in [2.75, 3.05) is 25.6 Å². The quantitative estimate of drug-likeness (QED) is 0.797. The maximum absolute atomic E-state index is 12.4. The van der Waals surface area contributed by atoms with E-state index in [-0.39, 0.29) is 6.54 Å². The van der Waals surface area contributed by atoms with Crippen molar-refractivity contribution in [3.8, 4) is 0 Å². The molecule has 1 aliphatic carbocycles. The van der Waals surface area contributed by atoms with Gasteiger partial charge in [-0.2, -0.15) is 0 Å². The van der Waals surface area contributed by atoms with Crippen LogP contribution in [0.15, 0.2) is 0 Å². The molecule has 1 aromatic rings. The van der Waals surface area contributed by atoms with E-state index >= 15 is 0 Å². The molecule has 0 aromatic carbocycles. The van der Waals surface area contributed by atoms with Crippen molar-refractivity contribution in [3.05, 3.63) is 10.6 Å². The SMILES string of the molecule is COCc1nc(N(C)CC(F)F)sc1CNC1CC1. The normalized spacial score (nSPS) is 15.2. The van der Waals surface area contributed by atoms with Gasteiger partial charge in [0.15, 0.2) is 5.13 Å². The number of alkyl halides is 2. The predicted octanol–water partition coefficient (Wildman–Crippen LogP) is 2.24. The van der Waals surface area contributed by atoms with E-state index in [1.165, 1.54) is 29.1 Å². The molecule has 108 valence electrons. The largest absolute Gasteiger partial charge is 0.378 e. The summed E-state index contributed by atoms with van der Waals surface area (Å²) in [6.07, 6.45) is 0.0837. The van der Waals surface area contributed by atoms with Crippen molar-refractivity contribution in [3.63, 3.8) is 0 Å². The second kappa shape index (κ2) is 6.58. The van der Waals surface area contributed by atoms with Gasteiger partial charge in [0, 0.05) is 31.6 Å². The Balaban J connectivity index is 2.03. The van der Waals surface area contributed by atoms with Crippen LogP contribution < -0.4 is 10.2 Å². The van der Waals surface area contributed by atoms with Crippen LogP contribution in [0, 0.1) is 0 Å². The van der Waals surface area contributed by atoms with E-state index in [0.717, 1.165) is 17.1 Å². The van der Waals surface area contributed by atoms with Crippen LogP contribution in [0.3, 0.4) is 0 Å². The second-order valence-electron chi connectivity index (χ2n) is 4.73. The first-order valence-corrected chi connectivity index (χ1v) is 7.12. The van der Waals surface area contributed by atoms with Crippen LogP contribution >= 0.6 is 11.3 Å². The molecule has 4 nitrogen and oxygen atoms in total. The summed E-state index contributed by atoms with van der Waals surface area (Å²) in [5.74, 6) is 0. The standard InChI is InChI=1S/C12H19F2N3OS/c1-17(6-11(13)14)12-16-9(7-18-2)10(19-12)5-15-8-3-4-8/h8,11,15H,3-7H2,1-2H3. The fourth-order valence-corrected chi connectivity index (χ4v) is 2.71. The summed E-state index contributed by atoms with van der Waals surface area (Å²) < 4.78 is 29.9. The molecule has 19 heavy (non-hydrogen) atoms. The van der Waals surface area contributed by atoms with Gasteiger partial charge in [0.2, 0.25) is 0 Å². The third kappa shape index (κ3) is 4.36. The molecular formula is C12H19F2N3OS. The van der Waals surface area contributed by atoms with Crippen LogP contribution in [0.4, 0.5) is 13.9 Å². The number of hydrogen-bond acceptors (Lipinski definition) is 5. The van der Waals surface area contributed by atoms with Gasteiger partial charge in [-0.05, 0) is 12.8 Å². The molecule has 1 heterocycles. The highest BCUT2D eigenvalue weighted by Gasteiger charge is 2.22. The van der Waals surface area contributed by atoms with E-state index in [4.69, 9.17) is 4.74 Å². The Morgan fingerprint density at radius 3 is 2.84 bits per heavy atom. The lowest BCUT2D eigenvalue weighted by molar-refractivity contribution is 0.156. The Morgan fingerprint density at radius 1 is 1.53 bits per heavy atom. The average Bonchev–Trinajstić information content (AvgIpc) is 3.08. The van der Waals surface area contributed by atoms with E-state index < -0.39 is 6.43 Å². The summed E-state index contributed by atoms with van der Waals surface area (Å²) in [5.41, 5.74) is 0.844. The lowest BCUT2D eigenvalue weighted by atomic mass is 10.3. The summed E-state index contributed by atoms with van der Waals surface area (Å²) in [6, 6.07) is 0.611. The van der Waals surface area contributed by atoms with E-state index in [2.05, 4.69) is 10.3 Å². The summed E-state index contributed by atoms with van der Waals surface area (Å²) in [7, 11) is 3.25. The summed E-state index contributed by atoms with van der Waals surface area (Å²) >= 11 is 1.46. The molecule has 0 amide bonds. The number of thiazole rings is 1. The van der Waals surface area contributed by atoms with E-state index in [1.54, 1.807) is 14.2 Å². The van der Waals surface area contributed by atoms with Gasteiger partial charge in [-0.15, -0.1) is 11.3 Å². The highest BCUT2D eigenvalue weighted by Crippen LogP contribution is 2.28. The minimum Gasteiger partial charge on any atom is -0.378 e. The Kier molecular flexibility index (Phi) is 5.06. The summed E-state index contributed by atoms with van der Waals surface area (Å²) in [4.78, 5) is 6.97. The maximum Gasteiger partial charge on any atom is 0.255 e. The number of nitrogens with zero attached hydrogens (tertiary/aromatic N) is 2. The third-order valence-electron chi connectivity index (χ3n) is 2.92. The van der Waals surface area contributed by atoms with Crippen molar-refractivity contribution >= 4 is 16.5 Å². The van der Waals surface area contributed by atoms with Crippen LogP contribution in [0.2, 0.25) is 0 Å². The second-order valence-corrected chi connectivity index (χ2v) is 5.79. The van der Waals surface area contributed by atoms with Crippen LogP contribution in [0.25, 0.3) is 0 Å². The Labute approximate surface area is 115 Å². The third-order valence-corrected chi connectivity index (χ3v) is 4.13. The molecule has 1 aromatic heterocycles. The molecule has 0 saturated heterocycles. The molecular weight excluding hydrogens is 272 g/mol. The molecule has 1 N–H and O–H groups in total. The minimum absolute atomic E-state index is 0.296. The Morgan fingerprint density at radius 2 is 2.26 bits per heavy atom. The molecule has 1 fully saturated rings. The van der Waals surface area contributed by atoms with Gasteiger partial charge in [0.1, 0.15) is 0 Å². The maximum atomic E-state index is 12.4. The van der Waals surface area contributed by atoms with E-state index in [9.17, 15) is 8.78 Å². The van der Waals surface area contributed by atoms with Crippen LogP contribution in [0.1, 0.15) is 23.4 Å². The number of methoxy groups -OCH3 is 1. The fraction of sp³-hybridized carbons (Fsp3) is 0.750. The van der Waals surface area contributed by atoms with Gasteiger partial charge in [-0.3, -0.25) is 0 Å². The van der Waals surface area contributed by atoms with Gasteiger partial charge < -0.3 is 15.0 Å². The van der Waals surface area contributed by atoms with Gasteiger partial charge in [-0.1, -0.05) is 0 Å². The van der Waals surface area contributed by atoms with Gasteiger partial charge in [0.25, 0.3) is 6.43 Å². The monoisotopic (exact) mass is 291 g/mol. The predicted molar refractivity (Wildman–Crippen MR) is 72.0 cm³/mol. The first kappa shape index (κ1) is 14.6. The average molecular weight is 291 g/mol. The highest BCUT2D eigenvalue weighted by atomic mass is 32.1. The fourth-order valence-electron chi connectivity index (χ4n) is 1.73. The van der Waals surface area contributed by atoms with Crippen LogP contribution in [-0.4, -0.2) is 38.2 Å². The summed E-state index contributed by atoms with van der Waals surface area (Å²) in [6.45, 7) is 0.861. The van der Waals surface area contributed by atoms with Gasteiger partial charge >= 0.3 is 0 Å². The lowest BCUT2D eigenvalue weighted by Crippen LogP contribution is -2.23. The number of hydrogen-bond donors (Lipinski definition) is 1. The van der Waals surface area contributed by atoms with E-state index in [0.29, 0.717) is 17.8 Å².